The Morgan fingerprint density at radius 2 is 1.23 bits per heavy atom. The van der Waals surface area contributed by atoms with E-state index in [4.69, 9.17) is 15.3 Å². The molecule has 0 unspecified atom stereocenters. The van der Waals surface area contributed by atoms with Gasteiger partial charge in [-0.05, 0) is 19.1 Å². The number of hydrogen-bond acceptors (Lipinski definition) is 5. The normalized spacial score (nSPS) is 9.14. The largest absolute Gasteiger partial charge is 0.481 e. The second-order valence-electron chi connectivity index (χ2n) is 4.14. The average Bonchev–Trinajstić information content (AvgIpc) is 2.37. The van der Waals surface area contributed by atoms with Crippen molar-refractivity contribution in [3.8, 4) is 0 Å². The first-order valence-electron chi connectivity index (χ1n) is 5.93. The predicted octanol–water partition coefficient (Wildman–Crippen LogP) is 1.09. The lowest BCUT2D eigenvalue weighted by molar-refractivity contribution is -0.140. The number of aromatic carboxylic acids is 2. The first-order valence-corrected chi connectivity index (χ1v) is 5.93. The zero-order valence-electron chi connectivity index (χ0n) is 11.6. The van der Waals surface area contributed by atoms with Crippen LogP contribution in [0.15, 0.2) is 24.3 Å². The summed E-state index contributed by atoms with van der Waals surface area (Å²) >= 11 is 0. The third-order valence-corrected chi connectivity index (χ3v) is 2.18. The number of carbonyl (C=O) groups is 5. The lowest BCUT2D eigenvalue weighted by Gasteiger charge is -1.98. The van der Waals surface area contributed by atoms with Gasteiger partial charge in [0.15, 0.2) is 5.78 Å². The smallest absolute Gasteiger partial charge is 0.336 e. The van der Waals surface area contributed by atoms with E-state index in [1.807, 2.05) is 0 Å². The van der Waals surface area contributed by atoms with Gasteiger partial charge < -0.3 is 15.3 Å². The van der Waals surface area contributed by atoms with Crippen LogP contribution < -0.4 is 0 Å². The van der Waals surface area contributed by atoms with Crippen LogP contribution in [0, 0.1) is 0 Å². The summed E-state index contributed by atoms with van der Waals surface area (Å²) in [6.07, 6.45) is -0.828. The van der Waals surface area contributed by atoms with Crippen LogP contribution in [0.1, 0.15) is 40.5 Å². The van der Waals surface area contributed by atoms with Crippen molar-refractivity contribution in [3.63, 3.8) is 0 Å². The van der Waals surface area contributed by atoms with Crippen LogP contribution in [-0.2, 0) is 14.4 Å². The van der Waals surface area contributed by atoms with Crippen molar-refractivity contribution in [2.45, 2.75) is 19.8 Å². The third-order valence-electron chi connectivity index (χ3n) is 2.18. The predicted molar refractivity (Wildman–Crippen MR) is 72.9 cm³/mol. The van der Waals surface area contributed by atoms with Gasteiger partial charge in [0.05, 0.1) is 17.5 Å². The van der Waals surface area contributed by atoms with E-state index < -0.39 is 30.1 Å². The van der Waals surface area contributed by atoms with Gasteiger partial charge in [-0.25, -0.2) is 9.59 Å². The van der Waals surface area contributed by atoms with E-state index in [1.54, 1.807) is 0 Å². The number of aliphatic carboxylic acids is 1. The van der Waals surface area contributed by atoms with Crippen molar-refractivity contribution in [1.29, 1.82) is 0 Å². The van der Waals surface area contributed by atoms with E-state index >= 15 is 0 Å². The van der Waals surface area contributed by atoms with Crippen LogP contribution in [-0.4, -0.2) is 44.8 Å². The maximum Gasteiger partial charge on any atom is 0.336 e. The molecule has 8 nitrogen and oxygen atoms in total. The molecule has 8 heteroatoms. The molecule has 0 bridgehead atoms. The van der Waals surface area contributed by atoms with Crippen LogP contribution in [0.3, 0.4) is 0 Å². The number of ketones is 2. The molecule has 0 fully saturated rings. The van der Waals surface area contributed by atoms with Crippen molar-refractivity contribution in [2.75, 3.05) is 0 Å². The molecule has 3 N–H and O–H groups in total. The fourth-order valence-electron chi connectivity index (χ4n) is 1.36. The van der Waals surface area contributed by atoms with Gasteiger partial charge in [-0.1, -0.05) is 12.1 Å². The summed E-state index contributed by atoms with van der Waals surface area (Å²) in [4.78, 5) is 51.5. The Labute approximate surface area is 125 Å². The molecule has 118 valence electrons. The summed E-state index contributed by atoms with van der Waals surface area (Å²) < 4.78 is 0. The lowest BCUT2D eigenvalue weighted by atomic mass is 10.1. The summed E-state index contributed by atoms with van der Waals surface area (Å²) in [5.74, 6) is -4.49. The topological polar surface area (TPSA) is 146 Å². The first kappa shape index (κ1) is 19.0. The van der Waals surface area contributed by atoms with Crippen molar-refractivity contribution in [1.82, 2.24) is 0 Å². The standard InChI is InChI=1S/C8H6O4.C6H8O4/c9-7(10)5-3-1-2-4-6(5)8(11)12;1-4(7)2-5(8)3-6(9)10/h1-4H,(H,9,10)(H,11,12);2-3H2,1H3,(H,9,10). The zero-order chi connectivity index (χ0) is 17.3. The highest BCUT2D eigenvalue weighted by Gasteiger charge is 2.13. The minimum Gasteiger partial charge on any atom is -0.481 e. The Hall–Kier alpha value is -3.03. The van der Waals surface area contributed by atoms with Crippen LogP contribution in [0.2, 0.25) is 0 Å². The number of Topliss-reactive ketones (excluding diaryl/α,β-unsaturated/α-hetero) is 2. The molecule has 0 saturated carbocycles. The van der Waals surface area contributed by atoms with Crippen molar-refractivity contribution in [3.05, 3.63) is 35.4 Å². The number of hydrogen-bond donors (Lipinski definition) is 3. The van der Waals surface area contributed by atoms with Crippen LogP contribution in [0.25, 0.3) is 0 Å². The number of carbonyl (C=O) groups excluding carboxylic acids is 2. The van der Waals surface area contributed by atoms with Crippen molar-refractivity contribution >= 4 is 29.5 Å². The zero-order valence-corrected chi connectivity index (χ0v) is 11.6. The lowest BCUT2D eigenvalue weighted by Crippen LogP contribution is -2.09. The van der Waals surface area contributed by atoms with Gasteiger partial charge in [-0.3, -0.25) is 14.4 Å². The van der Waals surface area contributed by atoms with Crippen LogP contribution >= 0.6 is 0 Å². The fraction of sp³-hybridized carbons (Fsp3) is 0.214. The molecule has 0 aliphatic heterocycles. The quantitative estimate of drug-likeness (QED) is 0.662. The van der Waals surface area contributed by atoms with Crippen molar-refractivity contribution in [2.24, 2.45) is 0 Å². The molecule has 0 amide bonds. The number of carboxylic acids is 3. The molecule has 1 rings (SSSR count). The first-order chi connectivity index (χ1) is 10.1. The molecule has 0 saturated heterocycles. The maximum atomic E-state index is 10.5. The summed E-state index contributed by atoms with van der Waals surface area (Å²) in [6.45, 7) is 1.25. The molecular weight excluding hydrogens is 296 g/mol. The molecule has 1 aromatic rings. The SMILES string of the molecule is CC(=O)CC(=O)CC(=O)O.O=C(O)c1ccccc1C(=O)O. The fourth-order valence-corrected chi connectivity index (χ4v) is 1.36. The van der Waals surface area contributed by atoms with Gasteiger partial charge >= 0.3 is 17.9 Å². The Bertz CT molecular complexity index is 552. The minimum absolute atomic E-state index is 0.190. The highest BCUT2D eigenvalue weighted by Crippen LogP contribution is 2.07. The second-order valence-corrected chi connectivity index (χ2v) is 4.14. The Morgan fingerprint density at radius 3 is 1.50 bits per heavy atom. The molecule has 0 heterocycles. The molecule has 0 aliphatic rings. The van der Waals surface area contributed by atoms with Gasteiger partial charge in [0.1, 0.15) is 12.2 Å². The summed E-state index contributed by atoms with van der Waals surface area (Å²) in [6, 6.07) is 5.48. The molecule has 22 heavy (non-hydrogen) atoms. The third kappa shape index (κ3) is 7.53. The van der Waals surface area contributed by atoms with Gasteiger partial charge in [0, 0.05) is 0 Å². The summed E-state index contributed by atoms with van der Waals surface area (Å²) in [5.41, 5.74) is -0.380. The van der Waals surface area contributed by atoms with Gasteiger partial charge in [0.25, 0.3) is 0 Å². The Morgan fingerprint density at radius 1 is 0.818 bits per heavy atom. The average molecular weight is 310 g/mol. The Kier molecular flexibility index (Phi) is 7.77. The minimum atomic E-state index is -1.23. The van der Waals surface area contributed by atoms with E-state index in [0.29, 0.717) is 0 Å². The summed E-state index contributed by atoms with van der Waals surface area (Å²) in [5, 5.41) is 25.2. The van der Waals surface area contributed by atoms with E-state index in [2.05, 4.69) is 0 Å². The number of carboxylic acid groups (broad SMARTS) is 3. The number of rotatable bonds is 6. The second kappa shape index (κ2) is 9.01. The molecule has 0 aromatic heterocycles. The van der Waals surface area contributed by atoms with Gasteiger partial charge in [-0.2, -0.15) is 0 Å². The van der Waals surface area contributed by atoms with E-state index in [0.717, 1.165) is 0 Å². The highest BCUT2D eigenvalue weighted by molar-refractivity contribution is 6.04. The summed E-state index contributed by atoms with van der Waals surface area (Å²) in [7, 11) is 0. The molecular formula is C14H14O8. The van der Waals surface area contributed by atoms with E-state index in [9.17, 15) is 24.0 Å². The molecule has 1 aromatic carbocycles. The number of benzene rings is 1. The van der Waals surface area contributed by atoms with E-state index in [1.165, 1.54) is 31.2 Å². The highest BCUT2D eigenvalue weighted by atomic mass is 16.4. The van der Waals surface area contributed by atoms with Gasteiger partial charge in [-0.15, -0.1) is 0 Å². The van der Waals surface area contributed by atoms with Crippen LogP contribution in [0.5, 0.6) is 0 Å². The maximum absolute atomic E-state index is 10.5. The molecule has 0 atom stereocenters. The molecule has 0 aliphatic carbocycles. The Balaban J connectivity index is 0.000000409. The monoisotopic (exact) mass is 310 g/mol. The van der Waals surface area contributed by atoms with Gasteiger partial charge in [0.2, 0.25) is 0 Å². The molecule has 0 spiro atoms. The van der Waals surface area contributed by atoms with Crippen molar-refractivity contribution < 1.29 is 39.3 Å². The molecule has 0 radical (unpaired) electrons. The van der Waals surface area contributed by atoms with Crippen LogP contribution in [0.4, 0.5) is 0 Å². The van der Waals surface area contributed by atoms with E-state index in [-0.39, 0.29) is 23.3 Å².